The third-order valence-electron chi connectivity index (χ3n) is 2.75. The Balaban J connectivity index is 0.00000242. The number of nitrogens with one attached hydrogen (secondary N) is 1. The summed E-state index contributed by atoms with van der Waals surface area (Å²) in [6.45, 7) is 0. The van der Waals surface area contributed by atoms with E-state index in [1.807, 2.05) is 0 Å². The summed E-state index contributed by atoms with van der Waals surface area (Å²) < 4.78 is 10.8. The van der Waals surface area contributed by atoms with Gasteiger partial charge in [0.1, 0.15) is 11.6 Å². The van der Waals surface area contributed by atoms with Gasteiger partial charge in [-0.15, -0.1) is 12.4 Å². The molecule has 0 aliphatic rings. The number of nitrogens with zero attached hydrogens (tertiary/aromatic N) is 1. The molecule has 8 heteroatoms. The normalized spacial score (nSPS) is 9.50. The fourth-order valence-corrected chi connectivity index (χ4v) is 1.68. The van der Waals surface area contributed by atoms with Gasteiger partial charge >= 0.3 is 0 Å². The van der Waals surface area contributed by atoms with Gasteiger partial charge in [-0.3, -0.25) is 15.5 Å². The molecule has 3 N–H and O–H groups in total. The highest BCUT2D eigenvalue weighted by atomic mass is 35.5. The zero-order valence-corrected chi connectivity index (χ0v) is 12.4. The third-order valence-corrected chi connectivity index (χ3v) is 2.75. The van der Waals surface area contributed by atoms with E-state index in [4.69, 9.17) is 20.6 Å². The summed E-state index contributed by atoms with van der Waals surface area (Å²) in [5, 5.41) is 18.0. The van der Waals surface area contributed by atoms with Gasteiger partial charge in [0.05, 0.1) is 12.0 Å². The van der Waals surface area contributed by atoms with E-state index in [1.54, 1.807) is 18.2 Å². The first-order valence-electron chi connectivity index (χ1n) is 5.96. The molecule has 2 aromatic carbocycles. The predicted molar refractivity (Wildman–Crippen MR) is 84.4 cm³/mol. The van der Waals surface area contributed by atoms with Crippen molar-refractivity contribution in [3.8, 4) is 17.2 Å². The predicted octanol–water partition coefficient (Wildman–Crippen LogP) is 3.10. The van der Waals surface area contributed by atoms with E-state index in [2.05, 4.69) is 0 Å². The highest BCUT2D eigenvalue weighted by molar-refractivity contribution is 5.95. The number of rotatable bonds is 5. The fourth-order valence-electron chi connectivity index (χ4n) is 1.68. The Morgan fingerprint density at radius 3 is 2.32 bits per heavy atom. The van der Waals surface area contributed by atoms with Crippen LogP contribution in [0.1, 0.15) is 5.56 Å². The van der Waals surface area contributed by atoms with Crippen LogP contribution >= 0.6 is 12.4 Å². The molecular formula is C14H14ClN3O4. The van der Waals surface area contributed by atoms with Crippen LogP contribution in [0.4, 0.5) is 5.69 Å². The smallest absolute Gasteiger partial charge is 0.269 e. The first kappa shape index (κ1) is 17.3. The summed E-state index contributed by atoms with van der Waals surface area (Å²) in [7, 11) is 1.47. The average Bonchev–Trinajstić information content (AvgIpc) is 2.48. The van der Waals surface area contributed by atoms with E-state index < -0.39 is 4.92 Å². The van der Waals surface area contributed by atoms with Crippen molar-refractivity contribution in [3.63, 3.8) is 0 Å². The molecule has 2 rings (SSSR count). The third kappa shape index (κ3) is 3.86. The SMILES string of the molecule is COc1cc(C(=N)N)ccc1Oc1ccc([N+](=O)[O-])cc1.Cl. The summed E-state index contributed by atoms with van der Waals surface area (Å²) in [6, 6.07) is 10.5. The second-order valence-electron chi connectivity index (χ2n) is 4.13. The van der Waals surface area contributed by atoms with Crippen molar-refractivity contribution in [2.45, 2.75) is 0 Å². The Kier molecular flexibility index (Phi) is 5.71. The Morgan fingerprint density at radius 1 is 1.18 bits per heavy atom. The molecule has 0 heterocycles. The van der Waals surface area contributed by atoms with Crippen LogP contribution in [0, 0.1) is 15.5 Å². The minimum absolute atomic E-state index is 0. The maximum Gasteiger partial charge on any atom is 0.269 e. The molecule has 2 aromatic rings. The Labute approximate surface area is 132 Å². The lowest BCUT2D eigenvalue weighted by Gasteiger charge is -2.11. The molecule has 0 fully saturated rings. The van der Waals surface area contributed by atoms with E-state index in [-0.39, 0.29) is 23.9 Å². The van der Waals surface area contributed by atoms with Gasteiger partial charge in [0.25, 0.3) is 5.69 Å². The minimum Gasteiger partial charge on any atom is -0.493 e. The van der Waals surface area contributed by atoms with Crippen LogP contribution in [0.3, 0.4) is 0 Å². The number of nitro benzene ring substituents is 1. The number of hydrogen-bond acceptors (Lipinski definition) is 5. The molecule has 0 spiro atoms. The number of nitrogens with two attached hydrogens (primary N) is 1. The Morgan fingerprint density at radius 2 is 1.82 bits per heavy atom. The van der Waals surface area contributed by atoms with Gasteiger partial charge in [-0.25, -0.2) is 0 Å². The number of benzene rings is 2. The van der Waals surface area contributed by atoms with Crippen LogP contribution in [0.2, 0.25) is 0 Å². The number of nitrogen functional groups attached to an aromatic ring is 1. The van der Waals surface area contributed by atoms with Gasteiger partial charge in [0.15, 0.2) is 11.5 Å². The summed E-state index contributed by atoms with van der Waals surface area (Å²) in [5.41, 5.74) is 5.91. The molecular weight excluding hydrogens is 310 g/mol. The highest BCUT2D eigenvalue weighted by Crippen LogP contribution is 2.32. The molecule has 0 saturated carbocycles. The van der Waals surface area contributed by atoms with Crippen LogP contribution in [-0.2, 0) is 0 Å². The molecule has 0 unspecified atom stereocenters. The zero-order chi connectivity index (χ0) is 15.4. The van der Waals surface area contributed by atoms with E-state index >= 15 is 0 Å². The van der Waals surface area contributed by atoms with Gasteiger partial charge in [-0.2, -0.15) is 0 Å². The largest absolute Gasteiger partial charge is 0.493 e. The highest BCUT2D eigenvalue weighted by Gasteiger charge is 2.10. The molecule has 0 amide bonds. The summed E-state index contributed by atoms with van der Waals surface area (Å²) in [6.07, 6.45) is 0. The van der Waals surface area contributed by atoms with E-state index in [0.29, 0.717) is 22.8 Å². The topological polar surface area (TPSA) is 111 Å². The van der Waals surface area contributed by atoms with Crippen LogP contribution in [0.5, 0.6) is 17.2 Å². The van der Waals surface area contributed by atoms with Gasteiger partial charge in [-0.05, 0) is 30.3 Å². The van der Waals surface area contributed by atoms with Gasteiger partial charge in [0.2, 0.25) is 0 Å². The lowest BCUT2D eigenvalue weighted by Crippen LogP contribution is -2.11. The molecule has 0 radical (unpaired) electrons. The Hall–Kier alpha value is -2.80. The minimum atomic E-state index is -0.480. The molecule has 7 nitrogen and oxygen atoms in total. The van der Waals surface area contributed by atoms with Crippen molar-refractivity contribution < 1.29 is 14.4 Å². The number of methoxy groups -OCH3 is 1. The van der Waals surface area contributed by atoms with Crippen LogP contribution in [0.25, 0.3) is 0 Å². The van der Waals surface area contributed by atoms with Crippen molar-refractivity contribution >= 4 is 23.9 Å². The van der Waals surface area contributed by atoms with E-state index in [9.17, 15) is 10.1 Å². The summed E-state index contributed by atoms with van der Waals surface area (Å²) >= 11 is 0. The van der Waals surface area contributed by atoms with Crippen molar-refractivity contribution in [1.82, 2.24) is 0 Å². The van der Waals surface area contributed by atoms with Gasteiger partial charge in [-0.1, -0.05) is 0 Å². The van der Waals surface area contributed by atoms with Crippen molar-refractivity contribution in [2.24, 2.45) is 5.73 Å². The molecule has 0 saturated heterocycles. The van der Waals surface area contributed by atoms with Gasteiger partial charge < -0.3 is 15.2 Å². The van der Waals surface area contributed by atoms with Crippen molar-refractivity contribution in [2.75, 3.05) is 7.11 Å². The number of halogens is 1. The van der Waals surface area contributed by atoms with E-state index in [0.717, 1.165) is 0 Å². The second-order valence-corrected chi connectivity index (χ2v) is 4.13. The lowest BCUT2D eigenvalue weighted by atomic mass is 10.2. The Bertz CT molecular complexity index is 689. The molecule has 0 aliphatic carbocycles. The number of nitro groups is 1. The summed E-state index contributed by atoms with van der Waals surface area (Å²) in [4.78, 5) is 10.1. The molecule has 0 bridgehead atoms. The fraction of sp³-hybridized carbons (Fsp3) is 0.0714. The molecule has 0 atom stereocenters. The number of amidine groups is 1. The lowest BCUT2D eigenvalue weighted by molar-refractivity contribution is -0.384. The maximum atomic E-state index is 10.6. The zero-order valence-electron chi connectivity index (χ0n) is 11.6. The molecule has 116 valence electrons. The molecule has 0 aromatic heterocycles. The van der Waals surface area contributed by atoms with Crippen LogP contribution < -0.4 is 15.2 Å². The first-order valence-corrected chi connectivity index (χ1v) is 5.96. The quantitative estimate of drug-likeness (QED) is 0.380. The average molecular weight is 324 g/mol. The van der Waals surface area contributed by atoms with Crippen LogP contribution in [-0.4, -0.2) is 17.9 Å². The first-order chi connectivity index (χ1) is 10.0. The van der Waals surface area contributed by atoms with E-state index in [1.165, 1.54) is 31.4 Å². The second kappa shape index (κ2) is 7.28. The molecule has 0 aliphatic heterocycles. The molecule has 22 heavy (non-hydrogen) atoms. The number of hydrogen-bond donors (Lipinski definition) is 2. The number of non-ortho nitro benzene ring substituents is 1. The summed E-state index contributed by atoms with van der Waals surface area (Å²) in [5.74, 6) is 1.21. The maximum absolute atomic E-state index is 10.6. The van der Waals surface area contributed by atoms with Crippen molar-refractivity contribution in [3.05, 3.63) is 58.1 Å². The standard InChI is InChI=1S/C14H13N3O4.ClH/c1-20-13-8-9(14(15)16)2-7-12(13)21-11-5-3-10(4-6-11)17(18)19;/h2-8H,1H3,(H3,15,16);1H. The van der Waals surface area contributed by atoms with Gasteiger partial charge in [0, 0.05) is 17.7 Å². The monoisotopic (exact) mass is 323 g/mol. The number of ether oxygens (including phenoxy) is 2. The van der Waals surface area contributed by atoms with Crippen LogP contribution in [0.15, 0.2) is 42.5 Å². The van der Waals surface area contributed by atoms with Crippen molar-refractivity contribution in [1.29, 1.82) is 5.41 Å².